The van der Waals surface area contributed by atoms with Gasteiger partial charge in [0.2, 0.25) is 5.95 Å². The smallest absolute Gasteiger partial charge is 0.262 e. The Balaban J connectivity index is 1.66. The number of rotatable bonds is 5. The zero-order chi connectivity index (χ0) is 23.1. The quantitative estimate of drug-likeness (QED) is 0.478. The van der Waals surface area contributed by atoms with Gasteiger partial charge in [0, 0.05) is 24.0 Å². The molecule has 10 nitrogen and oxygen atoms in total. The van der Waals surface area contributed by atoms with Crippen molar-refractivity contribution in [2.75, 3.05) is 11.1 Å². The standard InChI is InChI=1S/C23H21N9O/c1-12(29-20-14(8-24)9-28-23(25)31-20)21-30-18-5-3-4-17(15-10-26-13(2)27-11-15)19(18)22(33)32(21)16-6-7-16/h3-5,9-12,16H,6-7H2,1-2H3,(H3,25,28,29,31). The number of nitrogen functional groups attached to an aromatic ring is 1. The molecule has 3 aromatic heterocycles. The molecule has 1 aromatic carbocycles. The summed E-state index contributed by atoms with van der Waals surface area (Å²) in [5.41, 5.74) is 7.97. The summed E-state index contributed by atoms with van der Waals surface area (Å²) in [5.74, 6) is 1.60. The van der Waals surface area contributed by atoms with E-state index in [0.29, 0.717) is 28.4 Å². The van der Waals surface area contributed by atoms with E-state index in [1.165, 1.54) is 6.20 Å². The summed E-state index contributed by atoms with van der Waals surface area (Å²) < 4.78 is 1.76. The monoisotopic (exact) mass is 439 g/mol. The summed E-state index contributed by atoms with van der Waals surface area (Å²) in [7, 11) is 0. The summed E-state index contributed by atoms with van der Waals surface area (Å²) >= 11 is 0. The first-order valence-corrected chi connectivity index (χ1v) is 10.6. The van der Waals surface area contributed by atoms with Gasteiger partial charge in [0.1, 0.15) is 29.1 Å². The predicted molar refractivity (Wildman–Crippen MR) is 123 cm³/mol. The van der Waals surface area contributed by atoms with Gasteiger partial charge in [-0.3, -0.25) is 9.36 Å². The zero-order valence-electron chi connectivity index (χ0n) is 18.1. The Kier molecular flexibility index (Phi) is 4.94. The normalized spacial score (nSPS) is 14.1. The molecule has 1 unspecified atom stereocenters. The van der Waals surface area contributed by atoms with E-state index < -0.39 is 6.04 Å². The fourth-order valence-corrected chi connectivity index (χ4v) is 3.88. The van der Waals surface area contributed by atoms with Gasteiger partial charge in [0.15, 0.2) is 0 Å². The second-order valence-corrected chi connectivity index (χ2v) is 8.06. The average molecular weight is 439 g/mol. The number of hydrogen-bond donors (Lipinski definition) is 2. The number of anilines is 2. The van der Waals surface area contributed by atoms with Gasteiger partial charge in [0.25, 0.3) is 5.56 Å². The van der Waals surface area contributed by atoms with Gasteiger partial charge in [-0.25, -0.2) is 19.9 Å². The van der Waals surface area contributed by atoms with Crippen LogP contribution in [0.3, 0.4) is 0 Å². The SMILES string of the molecule is Cc1ncc(-c2cccc3nc(C(C)Nc4nc(N)ncc4C#N)n(C4CC4)c(=O)c23)cn1. The summed E-state index contributed by atoms with van der Waals surface area (Å²) in [6.07, 6.45) is 6.63. The van der Waals surface area contributed by atoms with Crippen molar-refractivity contribution in [1.82, 2.24) is 29.5 Å². The average Bonchev–Trinajstić information content (AvgIpc) is 3.64. The molecule has 33 heavy (non-hydrogen) atoms. The lowest BCUT2D eigenvalue weighted by molar-refractivity contribution is 0.609. The second kappa shape index (κ2) is 7.94. The van der Waals surface area contributed by atoms with Crippen molar-refractivity contribution in [1.29, 1.82) is 5.26 Å². The van der Waals surface area contributed by atoms with Crippen molar-refractivity contribution >= 4 is 22.7 Å². The first-order valence-electron chi connectivity index (χ1n) is 10.6. The Morgan fingerprint density at radius 3 is 2.64 bits per heavy atom. The number of nitriles is 1. The molecule has 0 aliphatic heterocycles. The van der Waals surface area contributed by atoms with E-state index in [9.17, 15) is 10.1 Å². The molecule has 0 radical (unpaired) electrons. The third-order valence-corrected chi connectivity index (χ3v) is 5.63. The van der Waals surface area contributed by atoms with Crippen molar-refractivity contribution in [2.45, 2.75) is 38.8 Å². The van der Waals surface area contributed by atoms with E-state index in [-0.39, 0.29) is 23.1 Å². The van der Waals surface area contributed by atoms with Gasteiger partial charge in [0.05, 0.1) is 23.1 Å². The van der Waals surface area contributed by atoms with Crippen LogP contribution in [0, 0.1) is 18.3 Å². The molecule has 5 rings (SSSR count). The van der Waals surface area contributed by atoms with Crippen molar-refractivity contribution in [3.63, 3.8) is 0 Å². The van der Waals surface area contributed by atoms with Gasteiger partial charge in [-0.2, -0.15) is 10.2 Å². The van der Waals surface area contributed by atoms with Crippen LogP contribution in [0.15, 0.2) is 41.6 Å². The van der Waals surface area contributed by atoms with Crippen LogP contribution in [0.5, 0.6) is 0 Å². The Morgan fingerprint density at radius 1 is 1.18 bits per heavy atom. The molecule has 3 heterocycles. The van der Waals surface area contributed by atoms with Gasteiger partial charge < -0.3 is 11.1 Å². The predicted octanol–water partition coefficient (Wildman–Crippen LogP) is 2.91. The molecular formula is C23H21N9O. The molecule has 0 spiro atoms. The fraction of sp³-hybridized carbons (Fsp3) is 0.261. The first kappa shape index (κ1) is 20.5. The Labute approximate surface area is 189 Å². The van der Waals surface area contributed by atoms with Crippen LogP contribution in [0.1, 0.15) is 49.1 Å². The van der Waals surface area contributed by atoms with E-state index in [1.807, 2.05) is 32.0 Å². The highest BCUT2D eigenvalue weighted by Gasteiger charge is 2.31. The second-order valence-electron chi connectivity index (χ2n) is 8.06. The molecular weight excluding hydrogens is 418 g/mol. The molecule has 164 valence electrons. The molecule has 0 bridgehead atoms. The molecule has 0 saturated heterocycles. The fourth-order valence-electron chi connectivity index (χ4n) is 3.88. The molecule has 1 atom stereocenters. The molecule has 1 aliphatic carbocycles. The maximum Gasteiger partial charge on any atom is 0.262 e. The van der Waals surface area contributed by atoms with E-state index in [2.05, 4.69) is 31.3 Å². The van der Waals surface area contributed by atoms with Crippen LogP contribution in [-0.4, -0.2) is 29.5 Å². The third-order valence-electron chi connectivity index (χ3n) is 5.63. The highest BCUT2D eigenvalue weighted by molar-refractivity contribution is 5.93. The van der Waals surface area contributed by atoms with E-state index in [0.717, 1.165) is 24.0 Å². The lowest BCUT2D eigenvalue weighted by Gasteiger charge is -2.21. The third kappa shape index (κ3) is 3.74. The maximum atomic E-state index is 13.8. The largest absolute Gasteiger partial charge is 0.368 e. The van der Waals surface area contributed by atoms with Gasteiger partial charge in [-0.05, 0) is 38.3 Å². The topological polar surface area (TPSA) is 148 Å². The summed E-state index contributed by atoms with van der Waals surface area (Å²) in [6, 6.07) is 7.32. The van der Waals surface area contributed by atoms with Crippen LogP contribution in [-0.2, 0) is 0 Å². The van der Waals surface area contributed by atoms with Gasteiger partial charge in [-0.1, -0.05) is 12.1 Å². The molecule has 3 N–H and O–H groups in total. The molecule has 1 aliphatic rings. The number of nitrogens with two attached hydrogens (primary N) is 1. The van der Waals surface area contributed by atoms with Gasteiger partial charge in [-0.15, -0.1) is 0 Å². The Bertz CT molecular complexity index is 1470. The van der Waals surface area contributed by atoms with Crippen molar-refractivity contribution in [3.8, 4) is 17.2 Å². The van der Waals surface area contributed by atoms with Crippen LogP contribution < -0.4 is 16.6 Å². The van der Waals surface area contributed by atoms with Crippen LogP contribution in [0.25, 0.3) is 22.0 Å². The molecule has 1 saturated carbocycles. The first-order chi connectivity index (χ1) is 16.0. The highest BCUT2D eigenvalue weighted by atomic mass is 16.1. The molecule has 0 amide bonds. The van der Waals surface area contributed by atoms with Crippen LogP contribution in [0.4, 0.5) is 11.8 Å². The minimum atomic E-state index is -0.407. The van der Waals surface area contributed by atoms with E-state index >= 15 is 0 Å². The Morgan fingerprint density at radius 2 is 1.94 bits per heavy atom. The minimum absolute atomic E-state index is 0.0553. The van der Waals surface area contributed by atoms with Crippen LogP contribution >= 0.6 is 0 Å². The highest BCUT2D eigenvalue weighted by Crippen LogP contribution is 2.37. The van der Waals surface area contributed by atoms with Gasteiger partial charge >= 0.3 is 0 Å². The number of benzene rings is 1. The van der Waals surface area contributed by atoms with Crippen molar-refractivity contribution in [2.24, 2.45) is 0 Å². The summed E-state index contributed by atoms with van der Waals surface area (Å²) in [4.78, 5) is 35.2. The number of fused-ring (bicyclic) bond motifs is 1. The number of aryl methyl sites for hydroxylation is 1. The number of nitrogens with zero attached hydrogens (tertiary/aromatic N) is 7. The molecule has 1 fully saturated rings. The lowest BCUT2D eigenvalue weighted by Crippen LogP contribution is -2.28. The van der Waals surface area contributed by atoms with Crippen molar-refractivity contribution < 1.29 is 0 Å². The summed E-state index contributed by atoms with van der Waals surface area (Å²) in [5, 5.41) is 13.1. The number of nitrogens with one attached hydrogen (secondary N) is 1. The molecule has 10 heteroatoms. The Hall–Kier alpha value is -4.39. The summed E-state index contributed by atoms with van der Waals surface area (Å²) in [6.45, 7) is 3.70. The van der Waals surface area contributed by atoms with E-state index in [1.54, 1.807) is 17.0 Å². The van der Waals surface area contributed by atoms with E-state index in [4.69, 9.17) is 10.7 Å². The molecule has 4 aromatic rings. The van der Waals surface area contributed by atoms with Crippen molar-refractivity contribution in [3.05, 3.63) is 64.4 Å². The number of aromatic nitrogens is 6. The minimum Gasteiger partial charge on any atom is -0.368 e. The maximum absolute atomic E-state index is 13.8. The van der Waals surface area contributed by atoms with Crippen LogP contribution in [0.2, 0.25) is 0 Å². The number of hydrogen-bond acceptors (Lipinski definition) is 9. The lowest BCUT2D eigenvalue weighted by atomic mass is 10.0. The zero-order valence-corrected chi connectivity index (χ0v) is 18.1.